The molecule has 0 bridgehead atoms. The van der Waals surface area contributed by atoms with E-state index in [1.807, 2.05) is 12.1 Å². The molecule has 1 aromatic carbocycles. The highest BCUT2D eigenvalue weighted by Crippen LogP contribution is 2.30. The van der Waals surface area contributed by atoms with E-state index in [9.17, 15) is 9.90 Å². The molecule has 5 nitrogen and oxygen atoms in total. The van der Waals surface area contributed by atoms with E-state index in [0.29, 0.717) is 31.0 Å². The molecule has 0 radical (unpaired) electrons. The van der Waals surface area contributed by atoms with Gasteiger partial charge >= 0.3 is 0 Å². The molecule has 1 N–H and O–H groups in total. The number of anilines is 1. The molecule has 1 saturated heterocycles. The summed E-state index contributed by atoms with van der Waals surface area (Å²) in [6, 6.07) is 5.55. The lowest BCUT2D eigenvalue weighted by Gasteiger charge is -2.34. The van der Waals surface area contributed by atoms with Gasteiger partial charge in [-0.1, -0.05) is 6.07 Å². The largest absolute Gasteiger partial charge is 0.496 e. The third kappa shape index (κ3) is 2.88. The lowest BCUT2D eigenvalue weighted by atomic mass is 10.1. The molecule has 1 atom stereocenters. The number of carbonyl (C=O) groups is 1. The van der Waals surface area contributed by atoms with Crippen LogP contribution in [0.15, 0.2) is 18.2 Å². The SMILES string of the molecule is COc1cccc(N2CCOC(CO)C2)c1C(C)=O. The van der Waals surface area contributed by atoms with Gasteiger partial charge in [0, 0.05) is 13.1 Å². The first-order valence-corrected chi connectivity index (χ1v) is 6.32. The first-order valence-electron chi connectivity index (χ1n) is 6.32. The lowest BCUT2D eigenvalue weighted by molar-refractivity contribution is 0.00352. The molecule has 1 aromatic rings. The molecule has 0 aliphatic carbocycles. The molecule has 2 rings (SSSR count). The summed E-state index contributed by atoms with van der Waals surface area (Å²) >= 11 is 0. The van der Waals surface area contributed by atoms with E-state index in [1.54, 1.807) is 13.2 Å². The van der Waals surface area contributed by atoms with Gasteiger partial charge in [0.25, 0.3) is 0 Å². The van der Waals surface area contributed by atoms with Crippen LogP contribution in [0.3, 0.4) is 0 Å². The molecule has 0 saturated carbocycles. The van der Waals surface area contributed by atoms with Crippen LogP contribution in [0.5, 0.6) is 5.75 Å². The Balaban J connectivity index is 2.35. The number of aliphatic hydroxyl groups is 1. The number of nitrogens with zero attached hydrogens (tertiary/aromatic N) is 1. The van der Waals surface area contributed by atoms with Crippen LogP contribution in [-0.4, -0.2) is 50.4 Å². The summed E-state index contributed by atoms with van der Waals surface area (Å²) in [6.07, 6.45) is -0.209. The molecule has 104 valence electrons. The predicted molar refractivity (Wildman–Crippen MR) is 72.0 cm³/mol. The van der Waals surface area contributed by atoms with Crippen LogP contribution in [0.2, 0.25) is 0 Å². The van der Waals surface area contributed by atoms with Crippen LogP contribution in [0.4, 0.5) is 5.69 Å². The Hall–Kier alpha value is -1.59. The molecule has 0 spiro atoms. The standard InChI is InChI=1S/C14H19NO4/c1-10(17)14-12(4-3-5-13(14)18-2)15-6-7-19-11(8-15)9-16/h3-5,11,16H,6-9H2,1-2H3. The number of ether oxygens (including phenoxy) is 2. The summed E-state index contributed by atoms with van der Waals surface area (Å²) in [5.41, 5.74) is 1.43. The van der Waals surface area contributed by atoms with E-state index in [2.05, 4.69) is 4.90 Å². The van der Waals surface area contributed by atoms with E-state index in [-0.39, 0.29) is 18.5 Å². The summed E-state index contributed by atoms with van der Waals surface area (Å²) in [5, 5.41) is 9.19. The minimum absolute atomic E-state index is 0.0180. The van der Waals surface area contributed by atoms with Gasteiger partial charge < -0.3 is 19.5 Å². The highest BCUT2D eigenvalue weighted by Gasteiger charge is 2.24. The van der Waals surface area contributed by atoms with Gasteiger partial charge in [-0.3, -0.25) is 4.79 Å². The Labute approximate surface area is 112 Å². The van der Waals surface area contributed by atoms with E-state index in [1.165, 1.54) is 6.92 Å². The quantitative estimate of drug-likeness (QED) is 0.826. The number of benzene rings is 1. The molecule has 1 fully saturated rings. The molecule has 1 heterocycles. The Bertz CT molecular complexity index is 461. The van der Waals surface area contributed by atoms with Gasteiger partial charge in [0.15, 0.2) is 5.78 Å². The van der Waals surface area contributed by atoms with Crippen molar-refractivity contribution in [1.82, 2.24) is 0 Å². The summed E-state index contributed by atoms with van der Waals surface area (Å²) < 4.78 is 10.7. The first-order chi connectivity index (χ1) is 9.17. The number of carbonyl (C=O) groups excluding carboxylic acids is 1. The maximum absolute atomic E-state index is 11.9. The summed E-state index contributed by atoms with van der Waals surface area (Å²) in [7, 11) is 1.56. The van der Waals surface area contributed by atoms with E-state index in [0.717, 1.165) is 5.69 Å². The number of Topliss-reactive ketones (excluding diaryl/α,β-unsaturated/α-hetero) is 1. The van der Waals surface area contributed by atoms with Gasteiger partial charge in [-0.25, -0.2) is 0 Å². The zero-order valence-corrected chi connectivity index (χ0v) is 11.3. The van der Waals surface area contributed by atoms with Crippen LogP contribution in [-0.2, 0) is 4.74 Å². The van der Waals surface area contributed by atoms with Gasteiger partial charge in [0.1, 0.15) is 5.75 Å². The van der Waals surface area contributed by atoms with Crippen LogP contribution in [0.25, 0.3) is 0 Å². The molecule has 1 aliphatic rings. The second kappa shape index (κ2) is 6.04. The molecule has 0 amide bonds. The maximum Gasteiger partial charge on any atom is 0.165 e. The van der Waals surface area contributed by atoms with Gasteiger partial charge in [-0.15, -0.1) is 0 Å². The van der Waals surface area contributed by atoms with Crippen LogP contribution in [0, 0.1) is 0 Å². The average molecular weight is 265 g/mol. The Morgan fingerprint density at radius 3 is 3.00 bits per heavy atom. The van der Waals surface area contributed by atoms with Crippen LogP contribution < -0.4 is 9.64 Å². The minimum Gasteiger partial charge on any atom is -0.496 e. The number of aliphatic hydroxyl groups excluding tert-OH is 1. The monoisotopic (exact) mass is 265 g/mol. The van der Waals surface area contributed by atoms with Crippen molar-refractivity contribution in [2.75, 3.05) is 38.3 Å². The van der Waals surface area contributed by atoms with E-state index in [4.69, 9.17) is 9.47 Å². The Kier molecular flexibility index (Phi) is 4.39. The topological polar surface area (TPSA) is 59.0 Å². The second-order valence-corrected chi connectivity index (χ2v) is 4.53. The second-order valence-electron chi connectivity index (χ2n) is 4.53. The first kappa shape index (κ1) is 13.8. The van der Waals surface area contributed by atoms with Crippen molar-refractivity contribution >= 4 is 11.5 Å². The van der Waals surface area contributed by atoms with Crippen molar-refractivity contribution < 1.29 is 19.4 Å². The summed E-state index contributed by atoms with van der Waals surface area (Å²) in [4.78, 5) is 13.9. The average Bonchev–Trinajstić information content (AvgIpc) is 2.46. The smallest absolute Gasteiger partial charge is 0.165 e. The van der Waals surface area contributed by atoms with Crippen LogP contribution in [0.1, 0.15) is 17.3 Å². The molecule has 0 aromatic heterocycles. The highest BCUT2D eigenvalue weighted by atomic mass is 16.5. The van der Waals surface area contributed by atoms with E-state index >= 15 is 0 Å². The van der Waals surface area contributed by atoms with Crippen molar-refractivity contribution in [3.63, 3.8) is 0 Å². The number of morpholine rings is 1. The number of methoxy groups -OCH3 is 1. The van der Waals surface area contributed by atoms with Crippen molar-refractivity contribution in [2.24, 2.45) is 0 Å². The number of hydrogen-bond acceptors (Lipinski definition) is 5. The third-order valence-corrected chi connectivity index (χ3v) is 3.26. The fraction of sp³-hybridized carbons (Fsp3) is 0.500. The van der Waals surface area contributed by atoms with E-state index < -0.39 is 0 Å². The molecule has 1 unspecified atom stereocenters. The molecular weight excluding hydrogens is 246 g/mol. The van der Waals surface area contributed by atoms with Crippen molar-refractivity contribution in [3.05, 3.63) is 23.8 Å². The molecule has 19 heavy (non-hydrogen) atoms. The van der Waals surface area contributed by atoms with Crippen molar-refractivity contribution in [1.29, 1.82) is 0 Å². The van der Waals surface area contributed by atoms with Crippen molar-refractivity contribution in [2.45, 2.75) is 13.0 Å². The number of ketones is 1. The zero-order chi connectivity index (χ0) is 13.8. The summed E-state index contributed by atoms with van der Waals surface area (Å²) in [5.74, 6) is 0.552. The summed E-state index contributed by atoms with van der Waals surface area (Å²) in [6.45, 7) is 3.33. The lowest BCUT2D eigenvalue weighted by Crippen LogP contribution is -2.44. The number of hydrogen-bond donors (Lipinski definition) is 1. The van der Waals surface area contributed by atoms with Gasteiger partial charge in [0.2, 0.25) is 0 Å². The predicted octanol–water partition coefficient (Wildman–Crippen LogP) is 1.10. The normalized spacial score (nSPS) is 19.3. The Morgan fingerprint density at radius 1 is 1.58 bits per heavy atom. The maximum atomic E-state index is 11.9. The minimum atomic E-state index is -0.209. The molecule has 5 heteroatoms. The molecular formula is C14H19NO4. The molecule has 1 aliphatic heterocycles. The van der Waals surface area contributed by atoms with Gasteiger partial charge in [-0.05, 0) is 19.1 Å². The van der Waals surface area contributed by atoms with Crippen LogP contribution >= 0.6 is 0 Å². The highest BCUT2D eigenvalue weighted by molar-refractivity contribution is 6.02. The van der Waals surface area contributed by atoms with Crippen molar-refractivity contribution in [3.8, 4) is 5.75 Å². The fourth-order valence-corrected chi connectivity index (χ4v) is 2.36. The zero-order valence-electron chi connectivity index (χ0n) is 11.3. The number of rotatable bonds is 4. The van der Waals surface area contributed by atoms with Gasteiger partial charge in [-0.2, -0.15) is 0 Å². The fourth-order valence-electron chi connectivity index (χ4n) is 2.36. The Morgan fingerprint density at radius 2 is 2.37 bits per heavy atom. The van der Waals surface area contributed by atoms with Gasteiger partial charge in [0.05, 0.1) is 37.7 Å². The third-order valence-electron chi connectivity index (χ3n) is 3.26.